The number of hydrogen-bond donors (Lipinski definition) is 1. The molecule has 1 amide bonds. The number of nitrogens with one attached hydrogen (secondary N) is 1. The fourth-order valence-electron chi connectivity index (χ4n) is 3.57. The number of aryl methyl sites for hydroxylation is 1. The number of ether oxygens (including phenoxy) is 3. The van der Waals surface area contributed by atoms with Crippen LogP contribution in [-0.4, -0.2) is 51.4 Å². The monoisotopic (exact) mass is 473 g/mol. The summed E-state index contributed by atoms with van der Waals surface area (Å²) in [6.07, 6.45) is 0. The largest absolute Gasteiger partial charge is 0.493 e. The van der Waals surface area contributed by atoms with E-state index in [4.69, 9.17) is 25.8 Å². The Morgan fingerprint density at radius 1 is 1.12 bits per heavy atom. The Morgan fingerprint density at radius 3 is 2.59 bits per heavy atom. The number of hydrogen-bond acceptors (Lipinski definition) is 7. The molecule has 0 bridgehead atoms. The van der Waals surface area contributed by atoms with E-state index in [1.54, 1.807) is 20.3 Å². The predicted octanol–water partition coefficient (Wildman–Crippen LogP) is 4.88. The Morgan fingerprint density at radius 2 is 1.88 bits per heavy atom. The van der Waals surface area contributed by atoms with Crippen LogP contribution in [0.5, 0.6) is 11.5 Å². The Hall–Kier alpha value is -2.81. The van der Waals surface area contributed by atoms with E-state index < -0.39 is 0 Å². The molecule has 0 radical (unpaired) electrons. The first-order valence-electron chi connectivity index (χ1n) is 10.1. The van der Waals surface area contributed by atoms with E-state index in [0.717, 1.165) is 29.3 Å². The predicted molar refractivity (Wildman–Crippen MR) is 128 cm³/mol. The number of thiazole rings is 1. The van der Waals surface area contributed by atoms with Gasteiger partial charge in [-0.15, -0.1) is 11.3 Å². The molecule has 0 unspecified atom stereocenters. The normalized spacial score (nSPS) is 13.7. The van der Waals surface area contributed by atoms with Crippen molar-refractivity contribution < 1.29 is 19.0 Å². The minimum absolute atomic E-state index is 0.219. The molecule has 4 rings (SSSR count). The lowest BCUT2D eigenvalue weighted by molar-refractivity contribution is 0.103. The van der Waals surface area contributed by atoms with Gasteiger partial charge in [-0.25, -0.2) is 4.98 Å². The van der Waals surface area contributed by atoms with Gasteiger partial charge in [0, 0.05) is 23.7 Å². The van der Waals surface area contributed by atoms with Crippen LogP contribution in [0.2, 0.25) is 5.02 Å². The third-order valence-corrected chi connectivity index (χ3v) is 6.63. The number of methoxy groups -OCH3 is 2. The second kappa shape index (κ2) is 9.77. The van der Waals surface area contributed by atoms with Gasteiger partial charge < -0.3 is 24.4 Å². The number of benzene rings is 2. The lowest BCUT2D eigenvalue weighted by atomic mass is 10.2. The molecule has 1 fully saturated rings. The summed E-state index contributed by atoms with van der Waals surface area (Å²) >= 11 is 7.56. The molecule has 9 heteroatoms. The van der Waals surface area contributed by atoms with Gasteiger partial charge in [-0.2, -0.15) is 0 Å². The van der Waals surface area contributed by atoms with Gasteiger partial charge >= 0.3 is 0 Å². The van der Waals surface area contributed by atoms with Crippen LogP contribution in [0.15, 0.2) is 36.4 Å². The third-order valence-electron chi connectivity index (χ3n) is 5.19. The van der Waals surface area contributed by atoms with Gasteiger partial charge in [-0.1, -0.05) is 11.6 Å². The molecular weight excluding hydrogens is 450 g/mol. The lowest BCUT2D eigenvalue weighted by Crippen LogP contribution is -2.36. The highest BCUT2D eigenvalue weighted by Gasteiger charge is 2.21. The number of carbonyl (C=O) groups is 1. The second-order valence-electron chi connectivity index (χ2n) is 7.22. The molecule has 2 aromatic carbocycles. The van der Waals surface area contributed by atoms with Crippen molar-refractivity contribution in [2.75, 3.05) is 50.7 Å². The van der Waals surface area contributed by atoms with Gasteiger partial charge in [0.1, 0.15) is 9.88 Å². The fourth-order valence-corrected chi connectivity index (χ4v) is 4.70. The van der Waals surface area contributed by atoms with Crippen LogP contribution in [0.3, 0.4) is 0 Å². The van der Waals surface area contributed by atoms with Crippen LogP contribution in [0.4, 0.5) is 11.4 Å². The zero-order valence-corrected chi connectivity index (χ0v) is 19.7. The van der Waals surface area contributed by atoms with E-state index >= 15 is 0 Å². The van der Waals surface area contributed by atoms with E-state index in [1.807, 2.05) is 37.3 Å². The van der Waals surface area contributed by atoms with E-state index in [0.29, 0.717) is 46.0 Å². The molecule has 168 valence electrons. The average Bonchev–Trinajstić information content (AvgIpc) is 3.21. The number of morpholine rings is 1. The molecule has 1 aliphatic rings. The van der Waals surface area contributed by atoms with E-state index in [9.17, 15) is 4.79 Å². The molecule has 1 N–H and O–H groups in total. The molecular formula is C23H24ClN3O4S. The minimum atomic E-state index is -0.219. The van der Waals surface area contributed by atoms with Gasteiger partial charge in [0.25, 0.3) is 5.91 Å². The van der Waals surface area contributed by atoms with E-state index in [-0.39, 0.29) is 5.91 Å². The zero-order chi connectivity index (χ0) is 22.7. The standard InChI is InChI=1S/C23H24ClN3O4S/c1-14-21(32-23(25-14)15-4-7-19(29-2)20(12-15)30-3)22(28)26-17-13-16(24)5-6-18(17)27-8-10-31-11-9-27/h4-7,12-13H,8-11H2,1-3H3,(H,26,28). The minimum Gasteiger partial charge on any atom is -0.493 e. The highest BCUT2D eigenvalue weighted by atomic mass is 35.5. The maximum absolute atomic E-state index is 13.2. The molecule has 0 saturated carbocycles. The highest BCUT2D eigenvalue weighted by molar-refractivity contribution is 7.17. The number of nitrogens with zero attached hydrogens (tertiary/aromatic N) is 2. The summed E-state index contributed by atoms with van der Waals surface area (Å²) in [7, 11) is 3.18. The van der Waals surface area contributed by atoms with Crippen molar-refractivity contribution in [3.05, 3.63) is 52.0 Å². The Bertz CT molecular complexity index is 1130. The number of carbonyl (C=O) groups excluding carboxylic acids is 1. The van der Waals surface area contributed by atoms with E-state index in [2.05, 4.69) is 15.2 Å². The van der Waals surface area contributed by atoms with E-state index in [1.165, 1.54) is 11.3 Å². The van der Waals surface area contributed by atoms with Crippen molar-refractivity contribution in [2.24, 2.45) is 0 Å². The molecule has 2 heterocycles. The second-order valence-corrected chi connectivity index (χ2v) is 8.65. The van der Waals surface area contributed by atoms with Crippen LogP contribution < -0.4 is 19.7 Å². The molecule has 1 saturated heterocycles. The van der Waals surface area contributed by atoms with Crippen LogP contribution in [0, 0.1) is 6.92 Å². The van der Waals surface area contributed by atoms with Gasteiger partial charge in [0.05, 0.1) is 44.5 Å². The van der Waals surface area contributed by atoms with Crippen molar-refractivity contribution in [1.29, 1.82) is 0 Å². The number of amides is 1. The highest BCUT2D eigenvalue weighted by Crippen LogP contribution is 2.36. The Labute approximate surface area is 195 Å². The summed E-state index contributed by atoms with van der Waals surface area (Å²) < 4.78 is 16.1. The summed E-state index contributed by atoms with van der Waals surface area (Å²) in [5.74, 6) is 1.03. The third kappa shape index (κ3) is 4.67. The molecule has 7 nitrogen and oxygen atoms in total. The van der Waals surface area contributed by atoms with Crippen LogP contribution >= 0.6 is 22.9 Å². The summed E-state index contributed by atoms with van der Waals surface area (Å²) in [5, 5.41) is 4.32. The number of rotatable bonds is 6. The van der Waals surface area contributed by atoms with Crippen molar-refractivity contribution in [3.63, 3.8) is 0 Å². The van der Waals surface area contributed by atoms with Crippen LogP contribution in [0.25, 0.3) is 10.6 Å². The first-order valence-corrected chi connectivity index (χ1v) is 11.3. The first-order chi connectivity index (χ1) is 15.5. The maximum atomic E-state index is 13.2. The zero-order valence-electron chi connectivity index (χ0n) is 18.1. The van der Waals surface area contributed by atoms with Crippen LogP contribution in [-0.2, 0) is 4.74 Å². The number of aromatic nitrogens is 1. The first kappa shape index (κ1) is 22.4. The van der Waals surface area contributed by atoms with Crippen molar-refractivity contribution >= 4 is 40.2 Å². The maximum Gasteiger partial charge on any atom is 0.267 e. The van der Waals surface area contributed by atoms with Gasteiger partial charge in [0.15, 0.2) is 11.5 Å². The number of halogens is 1. The van der Waals surface area contributed by atoms with Gasteiger partial charge in [-0.3, -0.25) is 4.79 Å². The summed E-state index contributed by atoms with van der Waals surface area (Å²) in [6, 6.07) is 11.1. The van der Waals surface area contributed by atoms with Crippen LogP contribution in [0.1, 0.15) is 15.4 Å². The summed E-state index contributed by atoms with van der Waals surface area (Å²) in [5.41, 5.74) is 3.11. The molecule has 0 atom stereocenters. The number of anilines is 2. The molecule has 3 aromatic rings. The topological polar surface area (TPSA) is 72.9 Å². The molecule has 0 aliphatic carbocycles. The molecule has 1 aromatic heterocycles. The molecule has 0 spiro atoms. The molecule has 1 aliphatic heterocycles. The van der Waals surface area contributed by atoms with Crippen molar-refractivity contribution in [3.8, 4) is 22.1 Å². The fraction of sp³-hybridized carbons (Fsp3) is 0.304. The van der Waals surface area contributed by atoms with Gasteiger partial charge in [-0.05, 0) is 43.3 Å². The van der Waals surface area contributed by atoms with Crippen molar-refractivity contribution in [1.82, 2.24) is 4.98 Å². The SMILES string of the molecule is COc1ccc(-c2nc(C)c(C(=O)Nc3cc(Cl)ccc3N3CCOCC3)s2)cc1OC. The summed E-state index contributed by atoms with van der Waals surface area (Å²) in [6.45, 7) is 4.65. The Balaban J connectivity index is 1.60. The van der Waals surface area contributed by atoms with Crippen molar-refractivity contribution in [2.45, 2.75) is 6.92 Å². The summed E-state index contributed by atoms with van der Waals surface area (Å²) in [4.78, 5) is 20.5. The Kier molecular flexibility index (Phi) is 6.83. The smallest absolute Gasteiger partial charge is 0.267 e. The quantitative estimate of drug-likeness (QED) is 0.550. The lowest BCUT2D eigenvalue weighted by Gasteiger charge is -2.30. The van der Waals surface area contributed by atoms with Gasteiger partial charge in [0.2, 0.25) is 0 Å². The average molecular weight is 474 g/mol. The molecule has 32 heavy (non-hydrogen) atoms.